The number of halogens is 4. The van der Waals surface area contributed by atoms with E-state index in [0.717, 1.165) is 12.1 Å². The molecular formula is C13H14F4O3. The molecule has 1 aromatic carbocycles. The first-order chi connectivity index (χ1) is 9.29. The van der Waals surface area contributed by atoms with Crippen LogP contribution in [-0.2, 0) is 9.53 Å². The van der Waals surface area contributed by atoms with Gasteiger partial charge < -0.3 is 9.84 Å². The van der Waals surface area contributed by atoms with Crippen LogP contribution in [0.25, 0.3) is 0 Å². The van der Waals surface area contributed by atoms with E-state index in [4.69, 9.17) is 5.11 Å². The minimum Gasteiger partial charge on any atom is -0.481 e. The molecule has 112 valence electrons. The van der Waals surface area contributed by atoms with Crippen LogP contribution in [0.5, 0.6) is 0 Å². The highest BCUT2D eigenvalue weighted by Gasteiger charge is 2.27. The predicted molar refractivity (Wildman–Crippen MR) is 62.9 cm³/mol. The Bertz CT molecular complexity index is 428. The fourth-order valence-corrected chi connectivity index (χ4v) is 1.71. The van der Waals surface area contributed by atoms with Crippen molar-refractivity contribution in [3.05, 3.63) is 35.6 Å². The molecule has 0 saturated carbocycles. The zero-order chi connectivity index (χ0) is 15.2. The predicted octanol–water partition coefficient (Wildman–Crippen LogP) is 3.35. The first-order valence-corrected chi connectivity index (χ1v) is 5.92. The van der Waals surface area contributed by atoms with Crippen molar-refractivity contribution in [3.8, 4) is 0 Å². The summed E-state index contributed by atoms with van der Waals surface area (Å²) >= 11 is 0. The van der Waals surface area contributed by atoms with E-state index in [2.05, 4.69) is 4.74 Å². The Morgan fingerprint density at radius 3 is 2.35 bits per heavy atom. The summed E-state index contributed by atoms with van der Waals surface area (Å²) < 4.78 is 52.6. The van der Waals surface area contributed by atoms with E-state index in [9.17, 15) is 22.4 Å². The molecule has 7 heteroatoms. The Hall–Kier alpha value is -1.63. The Balaban J connectivity index is 2.45. The van der Waals surface area contributed by atoms with Gasteiger partial charge in [0.1, 0.15) is 12.4 Å². The third-order valence-electron chi connectivity index (χ3n) is 2.62. The highest BCUT2D eigenvalue weighted by atomic mass is 19.4. The summed E-state index contributed by atoms with van der Waals surface area (Å²) in [4.78, 5) is 11.1. The Morgan fingerprint density at radius 2 is 1.85 bits per heavy atom. The third-order valence-corrected chi connectivity index (χ3v) is 2.62. The van der Waals surface area contributed by atoms with Gasteiger partial charge >= 0.3 is 12.1 Å². The summed E-state index contributed by atoms with van der Waals surface area (Å²) in [6.07, 6.45) is -4.09. The Kier molecular flexibility index (Phi) is 5.94. The molecule has 0 radical (unpaired) electrons. The van der Waals surface area contributed by atoms with Crippen LogP contribution in [0.15, 0.2) is 24.3 Å². The molecular weight excluding hydrogens is 280 g/mol. The van der Waals surface area contributed by atoms with Crippen molar-refractivity contribution in [2.75, 3.05) is 13.2 Å². The van der Waals surface area contributed by atoms with Crippen LogP contribution in [0.4, 0.5) is 17.6 Å². The molecule has 0 bridgehead atoms. The van der Waals surface area contributed by atoms with Crippen LogP contribution < -0.4 is 0 Å². The highest BCUT2D eigenvalue weighted by Crippen LogP contribution is 2.22. The summed E-state index contributed by atoms with van der Waals surface area (Å²) in [6.45, 7) is -1.52. The largest absolute Gasteiger partial charge is 0.481 e. The van der Waals surface area contributed by atoms with Crippen molar-refractivity contribution < 1.29 is 32.2 Å². The molecule has 3 nitrogen and oxygen atoms in total. The van der Waals surface area contributed by atoms with Gasteiger partial charge in [-0.15, -0.1) is 0 Å². The standard InChI is InChI=1S/C13H14F4O3/c14-10-5-3-9(4-6-10)11(12(18)19)2-1-7-20-8-13(15,16)17/h3-6,11H,1-2,7-8H2,(H,18,19). The number of rotatable bonds is 7. The average molecular weight is 294 g/mol. The minimum atomic E-state index is -4.39. The summed E-state index contributed by atoms with van der Waals surface area (Å²) in [6, 6.07) is 4.99. The van der Waals surface area contributed by atoms with Crippen molar-refractivity contribution >= 4 is 5.97 Å². The molecule has 0 saturated heterocycles. The zero-order valence-electron chi connectivity index (χ0n) is 10.5. The van der Waals surface area contributed by atoms with Gasteiger partial charge in [-0.05, 0) is 30.5 Å². The summed E-state index contributed by atoms with van der Waals surface area (Å²) in [5, 5.41) is 9.07. The highest BCUT2D eigenvalue weighted by molar-refractivity contribution is 5.75. The van der Waals surface area contributed by atoms with E-state index < -0.39 is 30.5 Å². The quantitative estimate of drug-likeness (QED) is 0.619. The maximum Gasteiger partial charge on any atom is 0.411 e. The number of benzene rings is 1. The van der Waals surface area contributed by atoms with Crippen molar-refractivity contribution in [1.82, 2.24) is 0 Å². The van der Waals surface area contributed by atoms with Gasteiger partial charge in [0.15, 0.2) is 0 Å². The number of hydrogen-bond donors (Lipinski definition) is 1. The van der Waals surface area contributed by atoms with Gasteiger partial charge in [0, 0.05) is 6.61 Å². The average Bonchev–Trinajstić information content (AvgIpc) is 2.33. The van der Waals surface area contributed by atoms with Crippen LogP contribution in [0.2, 0.25) is 0 Å². The number of hydrogen-bond acceptors (Lipinski definition) is 2. The molecule has 1 rings (SSSR count). The van der Waals surface area contributed by atoms with Gasteiger partial charge in [-0.3, -0.25) is 4.79 Å². The molecule has 0 amide bonds. The van der Waals surface area contributed by atoms with Crippen molar-refractivity contribution in [2.45, 2.75) is 24.9 Å². The Morgan fingerprint density at radius 1 is 1.25 bits per heavy atom. The van der Waals surface area contributed by atoms with Crippen LogP contribution in [-0.4, -0.2) is 30.5 Å². The second-order valence-electron chi connectivity index (χ2n) is 4.25. The normalized spacial score (nSPS) is 13.2. The Labute approximate surface area is 113 Å². The van der Waals surface area contributed by atoms with E-state index in [1.807, 2.05) is 0 Å². The fraction of sp³-hybridized carbons (Fsp3) is 0.462. The van der Waals surface area contributed by atoms with E-state index in [1.54, 1.807) is 0 Å². The van der Waals surface area contributed by atoms with Crippen molar-refractivity contribution in [2.24, 2.45) is 0 Å². The molecule has 0 spiro atoms. The van der Waals surface area contributed by atoms with E-state index in [0.29, 0.717) is 5.56 Å². The molecule has 0 aliphatic rings. The van der Waals surface area contributed by atoms with Gasteiger partial charge in [0.25, 0.3) is 0 Å². The molecule has 0 aliphatic heterocycles. The number of ether oxygens (including phenoxy) is 1. The lowest BCUT2D eigenvalue weighted by atomic mass is 9.94. The van der Waals surface area contributed by atoms with E-state index >= 15 is 0 Å². The lowest BCUT2D eigenvalue weighted by Gasteiger charge is -2.13. The summed E-state index contributed by atoms with van der Waals surface area (Å²) in [5.41, 5.74) is 0.412. The lowest BCUT2D eigenvalue weighted by molar-refractivity contribution is -0.174. The molecule has 20 heavy (non-hydrogen) atoms. The SMILES string of the molecule is O=C(O)C(CCCOCC(F)(F)F)c1ccc(F)cc1. The summed E-state index contributed by atoms with van der Waals surface area (Å²) in [5.74, 6) is -2.47. The first kappa shape index (κ1) is 16.4. The maximum absolute atomic E-state index is 12.7. The monoisotopic (exact) mass is 294 g/mol. The topological polar surface area (TPSA) is 46.5 Å². The van der Waals surface area contributed by atoms with Gasteiger partial charge in [0.2, 0.25) is 0 Å². The zero-order valence-corrected chi connectivity index (χ0v) is 10.5. The molecule has 1 N–H and O–H groups in total. The lowest BCUT2D eigenvalue weighted by Crippen LogP contribution is -2.18. The van der Waals surface area contributed by atoms with Gasteiger partial charge in [0.05, 0.1) is 5.92 Å². The van der Waals surface area contributed by atoms with Gasteiger partial charge in [-0.1, -0.05) is 12.1 Å². The molecule has 0 aliphatic carbocycles. The number of carboxylic acids is 1. The van der Waals surface area contributed by atoms with E-state index in [-0.39, 0.29) is 19.4 Å². The smallest absolute Gasteiger partial charge is 0.411 e. The van der Waals surface area contributed by atoms with Crippen molar-refractivity contribution in [3.63, 3.8) is 0 Å². The van der Waals surface area contributed by atoms with Crippen molar-refractivity contribution in [1.29, 1.82) is 0 Å². The molecule has 0 heterocycles. The van der Waals surface area contributed by atoms with Crippen LogP contribution in [0.1, 0.15) is 24.3 Å². The minimum absolute atomic E-state index is 0.124. The van der Waals surface area contributed by atoms with Gasteiger partial charge in [-0.2, -0.15) is 13.2 Å². The number of alkyl halides is 3. The second-order valence-corrected chi connectivity index (χ2v) is 4.25. The van der Waals surface area contributed by atoms with Gasteiger partial charge in [-0.25, -0.2) is 4.39 Å². The maximum atomic E-state index is 12.7. The summed E-state index contributed by atoms with van der Waals surface area (Å²) in [7, 11) is 0. The van der Waals surface area contributed by atoms with Crippen LogP contribution in [0, 0.1) is 5.82 Å². The molecule has 0 fully saturated rings. The third kappa shape index (κ3) is 6.01. The second kappa shape index (κ2) is 7.23. The van der Waals surface area contributed by atoms with E-state index in [1.165, 1.54) is 12.1 Å². The van der Waals surface area contributed by atoms with Crippen LogP contribution >= 0.6 is 0 Å². The fourth-order valence-electron chi connectivity index (χ4n) is 1.71. The molecule has 0 aromatic heterocycles. The first-order valence-electron chi connectivity index (χ1n) is 5.92. The number of carbonyl (C=O) groups is 1. The molecule has 1 aromatic rings. The molecule has 1 atom stereocenters. The molecule has 1 unspecified atom stereocenters. The van der Waals surface area contributed by atoms with Crippen LogP contribution in [0.3, 0.4) is 0 Å². The number of aliphatic carboxylic acids is 1. The number of carboxylic acid groups (broad SMARTS) is 1.